The summed E-state index contributed by atoms with van der Waals surface area (Å²) >= 11 is 0.862. The van der Waals surface area contributed by atoms with E-state index in [0.717, 1.165) is 40.9 Å². The molecule has 1 aromatic heterocycles. The van der Waals surface area contributed by atoms with Crippen molar-refractivity contribution in [1.82, 2.24) is 10.2 Å². The molecule has 2 aliphatic rings. The molecule has 1 aromatic carbocycles. The number of carbonyl (C=O) groups excluding carboxylic acids is 3. The zero-order chi connectivity index (χ0) is 21.1. The summed E-state index contributed by atoms with van der Waals surface area (Å²) in [6.07, 6.45) is 5.67. The van der Waals surface area contributed by atoms with E-state index in [1.165, 1.54) is 24.8 Å². The van der Waals surface area contributed by atoms with Crippen LogP contribution in [0.5, 0.6) is 0 Å². The summed E-state index contributed by atoms with van der Waals surface area (Å²) in [6.45, 7) is 4.03. The van der Waals surface area contributed by atoms with Crippen molar-refractivity contribution in [2.75, 3.05) is 24.5 Å². The molecule has 2 aliphatic heterocycles. The Balaban J connectivity index is 1.41. The predicted molar refractivity (Wildman–Crippen MR) is 116 cm³/mol. The van der Waals surface area contributed by atoms with E-state index < -0.39 is 17.1 Å². The van der Waals surface area contributed by atoms with Gasteiger partial charge in [0, 0.05) is 18.8 Å². The van der Waals surface area contributed by atoms with Crippen molar-refractivity contribution in [1.29, 1.82) is 0 Å². The van der Waals surface area contributed by atoms with E-state index in [1.54, 1.807) is 18.2 Å². The molecule has 8 heteroatoms. The Labute approximate surface area is 179 Å². The van der Waals surface area contributed by atoms with Gasteiger partial charge in [-0.3, -0.25) is 19.3 Å². The van der Waals surface area contributed by atoms with Gasteiger partial charge in [0.05, 0.1) is 17.7 Å². The van der Waals surface area contributed by atoms with Gasteiger partial charge in [-0.25, -0.2) is 0 Å². The lowest BCUT2D eigenvalue weighted by Gasteiger charge is -2.18. The highest BCUT2D eigenvalue weighted by Gasteiger charge is 2.36. The first kappa shape index (κ1) is 20.3. The fourth-order valence-corrected chi connectivity index (χ4v) is 4.40. The Morgan fingerprint density at radius 1 is 1.23 bits per heavy atom. The number of nitrogens with one attached hydrogen (secondary N) is 1. The quantitative estimate of drug-likeness (QED) is 0.713. The smallest absolute Gasteiger partial charge is 0.294 e. The molecule has 0 saturated carbocycles. The number of hydrogen-bond acceptors (Lipinski definition) is 6. The number of aryl methyl sites for hydroxylation is 1. The molecule has 0 radical (unpaired) electrons. The lowest BCUT2D eigenvalue weighted by Crippen LogP contribution is -2.39. The number of anilines is 1. The second-order valence-electron chi connectivity index (χ2n) is 7.36. The Morgan fingerprint density at radius 3 is 2.73 bits per heavy atom. The Morgan fingerprint density at radius 2 is 2.03 bits per heavy atom. The molecule has 0 aliphatic carbocycles. The van der Waals surface area contributed by atoms with Gasteiger partial charge in [0.2, 0.25) is 5.91 Å². The van der Waals surface area contributed by atoms with Crippen molar-refractivity contribution in [3.05, 3.63) is 58.4 Å². The standard InChI is InChI=1S/C22H23N3O4S/c1-15-11-17(24-8-2-3-9-24)7-6-16(15)12-19-21(27)25(22(28)30-19)14-20(26)23-13-18-5-4-10-29-18/h4-7,10-12H,2-3,8-9,13-14H2,1H3,(H,23,26)/b19-12-. The van der Waals surface area contributed by atoms with Crippen molar-refractivity contribution in [3.63, 3.8) is 0 Å². The summed E-state index contributed by atoms with van der Waals surface area (Å²) < 4.78 is 5.15. The molecule has 156 valence electrons. The third kappa shape index (κ3) is 4.43. The van der Waals surface area contributed by atoms with Crippen LogP contribution in [0.3, 0.4) is 0 Å². The molecule has 3 amide bonds. The Hall–Kier alpha value is -3.00. The van der Waals surface area contributed by atoms with Crippen LogP contribution in [0.4, 0.5) is 10.5 Å². The van der Waals surface area contributed by atoms with E-state index in [0.29, 0.717) is 10.7 Å². The number of nitrogens with zero attached hydrogens (tertiary/aromatic N) is 2. The van der Waals surface area contributed by atoms with E-state index in [1.807, 2.05) is 13.0 Å². The van der Waals surface area contributed by atoms with Gasteiger partial charge >= 0.3 is 0 Å². The summed E-state index contributed by atoms with van der Waals surface area (Å²) in [5.41, 5.74) is 3.12. The minimum atomic E-state index is -0.443. The third-order valence-corrected chi connectivity index (χ3v) is 6.13. The van der Waals surface area contributed by atoms with Crippen LogP contribution >= 0.6 is 11.8 Å². The van der Waals surface area contributed by atoms with Crippen molar-refractivity contribution in [2.45, 2.75) is 26.3 Å². The van der Waals surface area contributed by atoms with Gasteiger partial charge in [0.1, 0.15) is 12.3 Å². The van der Waals surface area contributed by atoms with Crippen LogP contribution < -0.4 is 10.2 Å². The van der Waals surface area contributed by atoms with E-state index in [4.69, 9.17) is 4.42 Å². The summed E-state index contributed by atoms with van der Waals surface area (Å²) in [7, 11) is 0. The van der Waals surface area contributed by atoms with Crippen molar-refractivity contribution >= 4 is 40.6 Å². The molecule has 0 unspecified atom stereocenters. The second kappa shape index (κ2) is 8.79. The van der Waals surface area contributed by atoms with Gasteiger partial charge in [-0.1, -0.05) is 6.07 Å². The highest BCUT2D eigenvalue weighted by molar-refractivity contribution is 8.18. The third-order valence-electron chi connectivity index (χ3n) is 5.23. The lowest BCUT2D eigenvalue weighted by molar-refractivity contribution is -0.129. The highest BCUT2D eigenvalue weighted by Crippen LogP contribution is 2.33. The van der Waals surface area contributed by atoms with Crippen molar-refractivity contribution in [3.8, 4) is 0 Å². The van der Waals surface area contributed by atoms with Crippen LogP contribution in [-0.2, 0) is 16.1 Å². The zero-order valence-electron chi connectivity index (χ0n) is 16.7. The molecule has 4 rings (SSSR count). The van der Waals surface area contributed by atoms with Crippen molar-refractivity contribution < 1.29 is 18.8 Å². The number of furan rings is 1. The van der Waals surface area contributed by atoms with Gasteiger partial charge < -0.3 is 14.6 Å². The molecular formula is C22H23N3O4S. The molecule has 0 bridgehead atoms. The summed E-state index contributed by atoms with van der Waals surface area (Å²) in [6, 6.07) is 9.61. The Bertz CT molecular complexity index is 994. The first-order valence-corrected chi connectivity index (χ1v) is 10.7. The first-order chi connectivity index (χ1) is 14.5. The minimum absolute atomic E-state index is 0.209. The zero-order valence-corrected chi connectivity index (χ0v) is 17.5. The molecule has 1 N–H and O–H groups in total. The number of carbonyl (C=O) groups is 3. The number of imide groups is 1. The summed E-state index contributed by atoms with van der Waals surface area (Å²) in [4.78, 5) is 40.8. The summed E-state index contributed by atoms with van der Waals surface area (Å²) in [5, 5.41) is 2.21. The predicted octanol–water partition coefficient (Wildman–Crippen LogP) is 3.54. The maximum Gasteiger partial charge on any atom is 0.294 e. The molecule has 0 atom stereocenters. The number of thioether (sulfide) groups is 1. The largest absolute Gasteiger partial charge is 0.467 e. The van der Waals surface area contributed by atoms with E-state index >= 15 is 0 Å². The number of rotatable bonds is 6. The van der Waals surface area contributed by atoms with Crippen LogP contribution in [-0.4, -0.2) is 41.6 Å². The van der Waals surface area contributed by atoms with Crippen LogP contribution in [0.1, 0.15) is 29.7 Å². The highest BCUT2D eigenvalue weighted by atomic mass is 32.2. The topological polar surface area (TPSA) is 82.9 Å². The molecule has 7 nitrogen and oxygen atoms in total. The molecule has 3 heterocycles. The number of hydrogen-bond donors (Lipinski definition) is 1. The minimum Gasteiger partial charge on any atom is -0.467 e. The number of amides is 3. The van der Waals surface area contributed by atoms with Gasteiger partial charge in [0.15, 0.2) is 0 Å². The fraction of sp³-hybridized carbons (Fsp3) is 0.318. The van der Waals surface area contributed by atoms with E-state index in [9.17, 15) is 14.4 Å². The summed E-state index contributed by atoms with van der Waals surface area (Å²) in [5.74, 6) is -0.257. The van der Waals surface area contributed by atoms with Crippen LogP contribution in [0, 0.1) is 6.92 Å². The Kier molecular flexibility index (Phi) is 5.94. The van der Waals surface area contributed by atoms with Crippen LogP contribution in [0.15, 0.2) is 45.9 Å². The molecular weight excluding hydrogens is 402 g/mol. The van der Waals surface area contributed by atoms with Gasteiger partial charge in [-0.15, -0.1) is 0 Å². The monoisotopic (exact) mass is 425 g/mol. The first-order valence-electron chi connectivity index (χ1n) is 9.91. The van der Waals surface area contributed by atoms with Crippen LogP contribution in [0.2, 0.25) is 0 Å². The molecule has 2 saturated heterocycles. The van der Waals surface area contributed by atoms with E-state index in [-0.39, 0.29) is 13.1 Å². The van der Waals surface area contributed by atoms with Crippen LogP contribution in [0.25, 0.3) is 6.08 Å². The molecule has 0 spiro atoms. The number of benzene rings is 1. The van der Waals surface area contributed by atoms with E-state index in [2.05, 4.69) is 22.3 Å². The average molecular weight is 426 g/mol. The van der Waals surface area contributed by atoms with Gasteiger partial charge in [0.25, 0.3) is 11.1 Å². The molecule has 2 fully saturated rings. The maximum atomic E-state index is 12.7. The fourth-order valence-electron chi connectivity index (χ4n) is 3.57. The van der Waals surface area contributed by atoms with Gasteiger partial charge in [-0.2, -0.15) is 0 Å². The normalized spacial score (nSPS) is 18.0. The molecule has 30 heavy (non-hydrogen) atoms. The average Bonchev–Trinajstić information content (AvgIpc) is 3.48. The lowest BCUT2D eigenvalue weighted by atomic mass is 10.1. The SMILES string of the molecule is Cc1cc(N2CCCC2)ccc1/C=C1\SC(=O)N(CC(=O)NCc2ccco2)C1=O. The maximum absolute atomic E-state index is 12.7. The molecule has 2 aromatic rings. The van der Waals surface area contributed by atoms with Gasteiger partial charge in [-0.05, 0) is 73.0 Å². The second-order valence-corrected chi connectivity index (χ2v) is 8.35. The van der Waals surface area contributed by atoms with Crippen molar-refractivity contribution in [2.24, 2.45) is 0 Å².